The van der Waals surface area contributed by atoms with E-state index in [4.69, 9.17) is 10.2 Å². The number of fused-ring (bicyclic) bond motifs is 1. The number of hydrogen-bond donors (Lipinski definition) is 2. The highest BCUT2D eigenvalue weighted by atomic mass is 16.3. The second-order valence-electron chi connectivity index (χ2n) is 2.04. The van der Waals surface area contributed by atoms with Gasteiger partial charge in [0.25, 0.3) is 0 Å². The molecule has 0 bridgehead atoms. The maximum Gasteiger partial charge on any atom is 0.176 e. The fourth-order valence-corrected chi connectivity index (χ4v) is 0.933. The number of aromatic nitrogens is 2. The van der Waals surface area contributed by atoms with Crippen LogP contribution in [0.4, 0.5) is 0 Å². The molecule has 0 unspecified atom stereocenters. The summed E-state index contributed by atoms with van der Waals surface area (Å²) in [6.45, 7) is 0.435. The van der Waals surface area contributed by atoms with E-state index in [2.05, 4.69) is 10.2 Å². The molecule has 0 saturated carbocycles. The largest absolute Gasteiger partial charge is 0.461 e. The third-order valence-electron chi connectivity index (χ3n) is 1.43. The van der Waals surface area contributed by atoms with Gasteiger partial charge in [0.2, 0.25) is 0 Å². The van der Waals surface area contributed by atoms with Crippen LogP contribution >= 0.6 is 0 Å². The molecule has 4 heteroatoms. The first kappa shape index (κ1) is 5.49. The first-order valence-corrected chi connectivity index (χ1v) is 3.02. The first-order chi connectivity index (χ1) is 4.92. The van der Waals surface area contributed by atoms with Crippen LogP contribution in [0.5, 0.6) is 0 Å². The quantitative estimate of drug-likeness (QED) is 0.605. The smallest absolute Gasteiger partial charge is 0.176 e. The molecule has 0 spiro atoms. The lowest BCUT2D eigenvalue weighted by Crippen LogP contribution is -1.96. The Bertz CT molecular complexity index is 335. The molecule has 3 N–H and O–H groups in total. The number of hydrogen-bond acceptors (Lipinski definition) is 3. The summed E-state index contributed by atoms with van der Waals surface area (Å²) < 4.78 is 5.11. The molecule has 4 nitrogen and oxygen atoms in total. The summed E-state index contributed by atoms with van der Waals surface area (Å²) >= 11 is 0. The topological polar surface area (TPSA) is 67.8 Å². The molecule has 52 valence electrons. The predicted molar refractivity (Wildman–Crippen MR) is 36.3 cm³/mol. The minimum absolute atomic E-state index is 0.435. The van der Waals surface area contributed by atoms with E-state index >= 15 is 0 Å². The van der Waals surface area contributed by atoms with Crippen LogP contribution in [0.15, 0.2) is 16.7 Å². The Kier molecular flexibility index (Phi) is 1.01. The Morgan fingerprint density at radius 1 is 1.70 bits per heavy atom. The molecular weight excluding hydrogens is 130 g/mol. The van der Waals surface area contributed by atoms with Crippen molar-refractivity contribution < 1.29 is 4.42 Å². The zero-order chi connectivity index (χ0) is 6.97. The minimum atomic E-state index is 0.435. The van der Waals surface area contributed by atoms with Crippen LogP contribution in [0.3, 0.4) is 0 Å². The van der Waals surface area contributed by atoms with E-state index < -0.39 is 0 Å². The van der Waals surface area contributed by atoms with E-state index in [1.165, 1.54) is 0 Å². The number of nitrogens with zero attached hydrogens (tertiary/aromatic N) is 1. The molecule has 0 aliphatic rings. The average Bonchev–Trinajstić information content (AvgIpc) is 2.44. The van der Waals surface area contributed by atoms with Crippen molar-refractivity contribution in [2.45, 2.75) is 6.54 Å². The molecule has 0 aliphatic heterocycles. The molecule has 0 aliphatic carbocycles. The lowest BCUT2D eigenvalue weighted by molar-refractivity contribution is 0.609. The second-order valence-corrected chi connectivity index (χ2v) is 2.04. The minimum Gasteiger partial charge on any atom is -0.461 e. The highest BCUT2D eigenvalue weighted by Crippen LogP contribution is 2.15. The second kappa shape index (κ2) is 1.85. The summed E-state index contributed by atoms with van der Waals surface area (Å²) in [7, 11) is 0. The number of rotatable bonds is 1. The molecule has 2 aromatic rings. The zero-order valence-corrected chi connectivity index (χ0v) is 5.29. The van der Waals surface area contributed by atoms with Crippen LogP contribution in [0.25, 0.3) is 11.1 Å². The van der Waals surface area contributed by atoms with E-state index in [0.29, 0.717) is 6.54 Å². The van der Waals surface area contributed by atoms with Crippen molar-refractivity contribution in [2.24, 2.45) is 5.73 Å². The van der Waals surface area contributed by atoms with Crippen molar-refractivity contribution in [3.63, 3.8) is 0 Å². The van der Waals surface area contributed by atoms with Crippen LogP contribution in [0.1, 0.15) is 5.69 Å². The van der Waals surface area contributed by atoms with E-state index in [-0.39, 0.29) is 0 Å². The van der Waals surface area contributed by atoms with Gasteiger partial charge in [-0.2, -0.15) is 5.10 Å². The summed E-state index contributed by atoms with van der Waals surface area (Å²) in [5.41, 5.74) is 7.84. The number of furan rings is 1. The SMILES string of the molecule is NCc1[nH]nc2ccoc12. The summed E-state index contributed by atoms with van der Waals surface area (Å²) in [6.07, 6.45) is 1.60. The van der Waals surface area contributed by atoms with Crippen molar-refractivity contribution in [3.8, 4) is 0 Å². The summed E-state index contributed by atoms with van der Waals surface area (Å²) in [5, 5.41) is 6.73. The molecule has 0 radical (unpaired) electrons. The van der Waals surface area contributed by atoms with E-state index in [1.807, 2.05) is 0 Å². The predicted octanol–water partition coefficient (Wildman–Crippen LogP) is 0.615. The Hall–Kier alpha value is -1.29. The third-order valence-corrected chi connectivity index (χ3v) is 1.43. The van der Waals surface area contributed by atoms with Gasteiger partial charge < -0.3 is 10.2 Å². The molecule has 10 heavy (non-hydrogen) atoms. The number of nitrogens with one attached hydrogen (secondary N) is 1. The van der Waals surface area contributed by atoms with Crippen LogP contribution in [-0.4, -0.2) is 10.2 Å². The van der Waals surface area contributed by atoms with Crippen molar-refractivity contribution in [3.05, 3.63) is 18.0 Å². The van der Waals surface area contributed by atoms with E-state index in [1.54, 1.807) is 12.3 Å². The van der Waals surface area contributed by atoms with Gasteiger partial charge in [-0.3, -0.25) is 5.10 Å². The number of H-pyrrole nitrogens is 1. The van der Waals surface area contributed by atoms with Gasteiger partial charge in [-0.05, 0) is 0 Å². The Balaban J connectivity index is 2.76. The molecule has 2 aromatic heterocycles. The van der Waals surface area contributed by atoms with Crippen molar-refractivity contribution in [2.75, 3.05) is 0 Å². The monoisotopic (exact) mass is 137 g/mol. The third kappa shape index (κ3) is 0.563. The Labute approximate surface area is 57.0 Å². The maximum absolute atomic E-state index is 5.39. The standard InChI is InChI=1S/C6H7N3O/c7-3-5-6-4(8-9-5)1-2-10-6/h1-2H,3,7H2,(H,8,9). The van der Waals surface area contributed by atoms with Crippen LogP contribution < -0.4 is 5.73 Å². The van der Waals surface area contributed by atoms with Crippen LogP contribution in [0, 0.1) is 0 Å². The van der Waals surface area contributed by atoms with Crippen molar-refractivity contribution >= 4 is 11.1 Å². The molecule has 0 atom stereocenters. The lowest BCUT2D eigenvalue weighted by atomic mass is 10.4. The van der Waals surface area contributed by atoms with Gasteiger partial charge in [0, 0.05) is 12.6 Å². The summed E-state index contributed by atoms with van der Waals surface area (Å²) in [5.74, 6) is 0. The van der Waals surface area contributed by atoms with Gasteiger partial charge >= 0.3 is 0 Å². The normalized spacial score (nSPS) is 10.9. The molecule has 0 saturated heterocycles. The fraction of sp³-hybridized carbons (Fsp3) is 0.167. The van der Waals surface area contributed by atoms with Crippen LogP contribution in [0.2, 0.25) is 0 Å². The molecule has 0 fully saturated rings. The molecule has 2 rings (SSSR count). The molecule has 2 heterocycles. The maximum atomic E-state index is 5.39. The van der Waals surface area contributed by atoms with E-state index in [9.17, 15) is 0 Å². The highest BCUT2D eigenvalue weighted by molar-refractivity contribution is 5.74. The lowest BCUT2D eigenvalue weighted by Gasteiger charge is -1.84. The molecule has 0 aromatic carbocycles. The van der Waals surface area contributed by atoms with E-state index in [0.717, 1.165) is 16.8 Å². The first-order valence-electron chi connectivity index (χ1n) is 3.02. The Morgan fingerprint density at radius 3 is 3.40 bits per heavy atom. The Morgan fingerprint density at radius 2 is 2.60 bits per heavy atom. The zero-order valence-electron chi connectivity index (χ0n) is 5.29. The van der Waals surface area contributed by atoms with Crippen molar-refractivity contribution in [1.29, 1.82) is 0 Å². The number of aromatic amines is 1. The van der Waals surface area contributed by atoms with Gasteiger partial charge in [0.05, 0.1) is 12.0 Å². The van der Waals surface area contributed by atoms with Gasteiger partial charge in [0.1, 0.15) is 5.52 Å². The highest BCUT2D eigenvalue weighted by Gasteiger charge is 2.04. The summed E-state index contributed by atoms with van der Waals surface area (Å²) in [6, 6.07) is 1.80. The van der Waals surface area contributed by atoms with Gasteiger partial charge in [-0.15, -0.1) is 0 Å². The van der Waals surface area contributed by atoms with Gasteiger partial charge in [-0.1, -0.05) is 0 Å². The summed E-state index contributed by atoms with van der Waals surface area (Å²) in [4.78, 5) is 0. The van der Waals surface area contributed by atoms with Crippen molar-refractivity contribution in [1.82, 2.24) is 10.2 Å². The average molecular weight is 137 g/mol. The fourth-order valence-electron chi connectivity index (χ4n) is 0.933. The number of nitrogens with two attached hydrogens (primary N) is 1. The van der Waals surface area contributed by atoms with Gasteiger partial charge in [0.15, 0.2) is 5.58 Å². The van der Waals surface area contributed by atoms with Crippen LogP contribution in [-0.2, 0) is 6.54 Å². The molecular formula is C6H7N3O. The molecule has 0 amide bonds. The van der Waals surface area contributed by atoms with Gasteiger partial charge in [-0.25, -0.2) is 0 Å².